The average molecular weight is 319 g/mol. The van der Waals surface area contributed by atoms with Crippen LogP contribution in [0.1, 0.15) is 23.2 Å². The van der Waals surface area contributed by atoms with E-state index >= 15 is 0 Å². The van der Waals surface area contributed by atoms with Crippen LogP contribution in [-0.2, 0) is 9.84 Å². The fourth-order valence-electron chi connectivity index (χ4n) is 2.36. The molecule has 1 saturated heterocycles. The molecule has 1 atom stereocenters. The third-order valence-electron chi connectivity index (χ3n) is 3.44. The number of sulfone groups is 1. The molecule has 20 heavy (non-hydrogen) atoms. The maximum absolute atomic E-state index is 12.3. The third kappa shape index (κ3) is 3.50. The first-order chi connectivity index (χ1) is 8.93. The Morgan fingerprint density at radius 1 is 1.35 bits per heavy atom. The van der Waals surface area contributed by atoms with Gasteiger partial charge in [-0.3, -0.25) is 4.79 Å². The van der Waals surface area contributed by atoms with Crippen LogP contribution < -0.4 is 5.73 Å². The number of carbonyl (C=O) groups is 1. The van der Waals surface area contributed by atoms with Crippen molar-refractivity contribution >= 4 is 28.2 Å². The van der Waals surface area contributed by atoms with Crippen LogP contribution in [0.15, 0.2) is 29.2 Å². The molecule has 5 nitrogen and oxygen atoms in total. The predicted molar refractivity (Wildman–Crippen MR) is 79.9 cm³/mol. The van der Waals surface area contributed by atoms with Crippen molar-refractivity contribution in [2.45, 2.75) is 23.8 Å². The summed E-state index contributed by atoms with van der Waals surface area (Å²) in [6, 6.07) is 6.16. The Bertz CT molecular complexity index is 572. The summed E-state index contributed by atoms with van der Waals surface area (Å²) >= 11 is 0. The molecule has 112 valence electrons. The minimum Gasteiger partial charge on any atom is -0.334 e. The topological polar surface area (TPSA) is 80.5 Å². The van der Waals surface area contributed by atoms with Gasteiger partial charge in [0.25, 0.3) is 5.91 Å². The number of halogens is 1. The van der Waals surface area contributed by atoms with Crippen LogP contribution in [0.4, 0.5) is 0 Å². The highest BCUT2D eigenvalue weighted by Gasteiger charge is 2.28. The Balaban J connectivity index is 0.00000200. The number of nitrogens with two attached hydrogens (primary N) is 1. The molecule has 1 heterocycles. The highest BCUT2D eigenvalue weighted by atomic mass is 35.5. The Morgan fingerprint density at radius 2 is 1.95 bits per heavy atom. The van der Waals surface area contributed by atoms with E-state index in [4.69, 9.17) is 5.73 Å². The van der Waals surface area contributed by atoms with E-state index in [0.717, 1.165) is 19.1 Å². The summed E-state index contributed by atoms with van der Waals surface area (Å²) in [4.78, 5) is 14.3. The maximum atomic E-state index is 12.3. The molecule has 0 aliphatic carbocycles. The van der Waals surface area contributed by atoms with Crippen LogP contribution in [0.25, 0.3) is 0 Å². The number of rotatable bonds is 3. The van der Waals surface area contributed by atoms with Gasteiger partial charge in [0.2, 0.25) is 0 Å². The quantitative estimate of drug-likeness (QED) is 0.904. The molecule has 0 saturated carbocycles. The summed E-state index contributed by atoms with van der Waals surface area (Å²) in [5, 5.41) is 0. The van der Waals surface area contributed by atoms with Crippen molar-refractivity contribution in [3.8, 4) is 0 Å². The van der Waals surface area contributed by atoms with E-state index in [9.17, 15) is 13.2 Å². The van der Waals surface area contributed by atoms with E-state index in [1.165, 1.54) is 12.1 Å². The van der Waals surface area contributed by atoms with E-state index in [0.29, 0.717) is 18.7 Å². The molecule has 2 N–H and O–H groups in total. The third-order valence-corrected chi connectivity index (χ3v) is 4.57. The molecular formula is C13H19ClN2O3S. The highest BCUT2D eigenvalue weighted by molar-refractivity contribution is 7.90. The summed E-state index contributed by atoms with van der Waals surface area (Å²) in [7, 11) is -3.22. The summed E-state index contributed by atoms with van der Waals surface area (Å²) in [6.07, 6.45) is 3.05. The molecule has 1 aliphatic rings. The van der Waals surface area contributed by atoms with Crippen molar-refractivity contribution in [1.29, 1.82) is 0 Å². The second-order valence-corrected chi connectivity index (χ2v) is 6.84. The fraction of sp³-hybridized carbons (Fsp3) is 0.462. The number of hydrogen-bond donors (Lipinski definition) is 1. The normalized spacial score (nSPS) is 18.7. The van der Waals surface area contributed by atoms with Gasteiger partial charge >= 0.3 is 0 Å². The van der Waals surface area contributed by atoms with Crippen molar-refractivity contribution in [2.24, 2.45) is 5.73 Å². The first-order valence-electron chi connectivity index (χ1n) is 6.24. The second kappa shape index (κ2) is 6.56. The average Bonchev–Trinajstić information content (AvgIpc) is 2.85. The molecular weight excluding hydrogens is 300 g/mol. The molecule has 1 unspecified atom stereocenters. The Labute approximate surface area is 125 Å². The van der Waals surface area contributed by atoms with Gasteiger partial charge in [-0.2, -0.15) is 0 Å². The van der Waals surface area contributed by atoms with Crippen LogP contribution in [0, 0.1) is 0 Å². The lowest BCUT2D eigenvalue weighted by molar-refractivity contribution is 0.0741. The summed E-state index contributed by atoms with van der Waals surface area (Å²) < 4.78 is 22.7. The molecule has 1 aromatic carbocycles. The van der Waals surface area contributed by atoms with Gasteiger partial charge in [-0.05, 0) is 37.1 Å². The number of nitrogens with zero attached hydrogens (tertiary/aromatic N) is 1. The summed E-state index contributed by atoms with van der Waals surface area (Å²) in [5.41, 5.74) is 6.16. The first kappa shape index (κ1) is 16.9. The number of benzene rings is 1. The lowest BCUT2D eigenvalue weighted by atomic mass is 10.1. The smallest absolute Gasteiger partial charge is 0.254 e. The molecule has 1 amide bonds. The molecule has 2 rings (SSSR count). The number of hydrogen-bond acceptors (Lipinski definition) is 4. The van der Waals surface area contributed by atoms with Crippen LogP contribution in [-0.4, -0.2) is 44.6 Å². The van der Waals surface area contributed by atoms with Gasteiger partial charge in [0.1, 0.15) is 0 Å². The molecule has 1 aliphatic heterocycles. The molecule has 0 spiro atoms. The van der Waals surface area contributed by atoms with Gasteiger partial charge in [-0.25, -0.2) is 8.42 Å². The molecule has 1 fully saturated rings. The van der Waals surface area contributed by atoms with Crippen molar-refractivity contribution in [3.05, 3.63) is 29.8 Å². The zero-order valence-electron chi connectivity index (χ0n) is 11.3. The van der Waals surface area contributed by atoms with Gasteiger partial charge in [0.15, 0.2) is 9.84 Å². The van der Waals surface area contributed by atoms with E-state index in [-0.39, 0.29) is 29.3 Å². The maximum Gasteiger partial charge on any atom is 0.254 e. The first-order valence-corrected chi connectivity index (χ1v) is 8.14. The van der Waals surface area contributed by atoms with Crippen molar-refractivity contribution in [1.82, 2.24) is 4.90 Å². The largest absolute Gasteiger partial charge is 0.334 e. The van der Waals surface area contributed by atoms with Crippen LogP contribution in [0.5, 0.6) is 0 Å². The van der Waals surface area contributed by atoms with Gasteiger partial charge in [0, 0.05) is 31.0 Å². The lowest BCUT2D eigenvalue weighted by Crippen LogP contribution is -2.39. The van der Waals surface area contributed by atoms with Crippen molar-refractivity contribution in [3.63, 3.8) is 0 Å². The predicted octanol–water partition coefficient (Wildman–Crippen LogP) is 1.08. The van der Waals surface area contributed by atoms with Crippen LogP contribution >= 0.6 is 12.4 Å². The van der Waals surface area contributed by atoms with E-state index in [1.54, 1.807) is 17.0 Å². The summed E-state index contributed by atoms with van der Waals surface area (Å²) in [6.45, 7) is 1.18. The SMILES string of the molecule is CS(=O)(=O)c1ccc(C(=O)N2CCCC2CN)cc1.Cl. The monoisotopic (exact) mass is 318 g/mol. The minimum absolute atomic E-state index is 0. The molecule has 0 bridgehead atoms. The lowest BCUT2D eigenvalue weighted by Gasteiger charge is -2.23. The Kier molecular flexibility index (Phi) is 5.56. The van der Waals surface area contributed by atoms with Gasteiger partial charge in [-0.15, -0.1) is 12.4 Å². The molecule has 0 radical (unpaired) electrons. The zero-order valence-corrected chi connectivity index (χ0v) is 12.9. The molecule has 0 aromatic heterocycles. The van der Waals surface area contributed by atoms with Gasteiger partial charge in [-0.1, -0.05) is 0 Å². The minimum atomic E-state index is -3.22. The molecule has 1 aromatic rings. The number of amides is 1. The standard InChI is InChI=1S/C13H18N2O3S.ClH/c1-19(17,18)12-6-4-10(5-7-12)13(16)15-8-2-3-11(15)9-14;/h4-7,11H,2-3,8-9,14H2,1H3;1H. The molecule has 7 heteroatoms. The Hall–Kier alpha value is -1.11. The fourth-order valence-corrected chi connectivity index (χ4v) is 2.99. The van der Waals surface area contributed by atoms with Crippen molar-refractivity contribution in [2.75, 3.05) is 19.3 Å². The highest BCUT2D eigenvalue weighted by Crippen LogP contribution is 2.20. The zero-order chi connectivity index (χ0) is 14.0. The summed E-state index contributed by atoms with van der Waals surface area (Å²) in [5.74, 6) is -0.0759. The van der Waals surface area contributed by atoms with E-state index in [1.807, 2.05) is 0 Å². The van der Waals surface area contributed by atoms with Gasteiger partial charge < -0.3 is 10.6 Å². The van der Waals surface area contributed by atoms with Crippen LogP contribution in [0.3, 0.4) is 0 Å². The number of likely N-dealkylation sites (tertiary alicyclic amines) is 1. The van der Waals surface area contributed by atoms with Crippen LogP contribution in [0.2, 0.25) is 0 Å². The second-order valence-electron chi connectivity index (χ2n) is 4.83. The van der Waals surface area contributed by atoms with Crippen molar-refractivity contribution < 1.29 is 13.2 Å². The van der Waals surface area contributed by atoms with E-state index in [2.05, 4.69) is 0 Å². The van der Waals surface area contributed by atoms with Gasteiger partial charge in [0.05, 0.1) is 4.90 Å². The Morgan fingerprint density at radius 3 is 2.45 bits per heavy atom. The van der Waals surface area contributed by atoms with E-state index < -0.39 is 9.84 Å². The number of carbonyl (C=O) groups excluding carboxylic acids is 1.